The van der Waals surface area contributed by atoms with Crippen molar-refractivity contribution < 1.29 is 14.0 Å². The number of nitrogens with zero attached hydrogens (tertiary/aromatic N) is 2. The first kappa shape index (κ1) is 11.2. The molecule has 1 aromatic carbocycles. The molecule has 1 unspecified atom stereocenters. The lowest BCUT2D eigenvalue weighted by Gasteiger charge is -2.25. The largest absolute Gasteiger partial charge is 0.312 e. The molecule has 2 aliphatic rings. The Bertz CT molecular complexity index is 544. The van der Waals surface area contributed by atoms with Gasteiger partial charge in [0.25, 0.3) is 0 Å². The second-order valence-electron chi connectivity index (χ2n) is 4.74. The van der Waals surface area contributed by atoms with Crippen LogP contribution in [0.15, 0.2) is 18.2 Å². The number of hydrogen-bond donors (Lipinski definition) is 0. The van der Waals surface area contributed by atoms with Gasteiger partial charge in [-0.3, -0.25) is 14.5 Å². The maximum atomic E-state index is 13.3. The van der Waals surface area contributed by atoms with Gasteiger partial charge in [-0.05, 0) is 31.0 Å². The van der Waals surface area contributed by atoms with E-state index in [-0.39, 0.29) is 30.3 Å². The summed E-state index contributed by atoms with van der Waals surface area (Å²) in [5.41, 5.74) is 1.41. The summed E-state index contributed by atoms with van der Waals surface area (Å²) >= 11 is 0. The Morgan fingerprint density at radius 3 is 2.83 bits per heavy atom. The molecule has 18 heavy (non-hydrogen) atoms. The highest BCUT2D eigenvalue weighted by atomic mass is 19.1. The van der Waals surface area contributed by atoms with Crippen LogP contribution in [-0.2, 0) is 9.59 Å². The van der Waals surface area contributed by atoms with E-state index in [1.54, 1.807) is 15.9 Å². The Hall–Kier alpha value is -1.91. The maximum absolute atomic E-state index is 13.3. The van der Waals surface area contributed by atoms with Crippen molar-refractivity contribution in [1.82, 2.24) is 4.90 Å². The summed E-state index contributed by atoms with van der Waals surface area (Å²) in [5, 5.41) is 0. The standard InChI is InChI=1S/C13H13FN2O2/c1-8-2-3-9(14)6-10(8)16-11-4-5-12(17)15(11)7-13(16)18/h2-3,6,11H,4-5,7H2,1H3. The Balaban J connectivity index is 2.03. The molecule has 4 nitrogen and oxygen atoms in total. The second kappa shape index (κ2) is 3.80. The topological polar surface area (TPSA) is 40.6 Å². The lowest BCUT2D eigenvalue weighted by molar-refractivity contribution is -0.129. The van der Waals surface area contributed by atoms with Crippen molar-refractivity contribution in [3.8, 4) is 0 Å². The summed E-state index contributed by atoms with van der Waals surface area (Å²) in [6, 6.07) is 4.38. The summed E-state index contributed by atoms with van der Waals surface area (Å²) in [6.07, 6.45) is 0.856. The van der Waals surface area contributed by atoms with Crippen molar-refractivity contribution in [2.45, 2.75) is 25.9 Å². The quantitative estimate of drug-likeness (QED) is 0.754. The van der Waals surface area contributed by atoms with Crippen LogP contribution >= 0.6 is 0 Å². The first-order chi connectivity index (χ1) is 8.58. The normalized spacial score (nSPS) is 22.9. The van der Waals surface area contributed by atoms with E-state index in [0.717, 1.165) is 5.56 Å². The monoisotopic (exact) mass is 248 g/mol. The fraction of sp³-hybridized carbons (Fsp3) is 0.385. The van der Waals surface area contributed by atoms with Crippen LogP contribution in [0.25, 0.3) is 0 Å². The highest BCUT2D eigenvalue weighted by Crippen LogP contribution is 2.34. The van der Waals surface area contributed by atoms with E-state index in [1.165, 1.54) is 12.1 Å². The maximum Gasteiger partial charge on any atom is 0.248 e. The Kier molecular flexibility index (Phi) is 2.36. The van der Waals surface area contributed by atoms with Crippen molar-refractivity contribution in [1.29, 1.82) is 0 Å². The number of benzene rings is 1. The SMILES string of the molecule is Cc1ccc(F)cc1N1C(=O)CN2C(=O)CCC21. The van der Waals surface area contributed by atoms with Crippen LogP contribution in [0.3, 0.4) is 0 Å². The van der Waals surface area contributed by atoms with Gasteiger partial charge in [0.2, 0.25) is 11.8 Å². The highest BCUT2D eigenvalue weighted by Gasteiger charge is 2.45. The van der Waals surface area contributed by atoms with Gasteiger partial charge in [-0.1, -0.05) is 6.07 Å². The minimum atomic E-state index is -0.369. The molecule has 2 saturated heterocycles. The summed E-state index contributed by atoms with van der Waals surface area (Å²) in [7, 11) is 0. The van der Waals surface area contributed by atoms with Gasteiger partial charge in [-0.15, -0.1) is 0 Å². The second-order valence-corrected chi connectivity index (χ2v) is 4.74. The number of rotatable bonds is 1. The minimum absolute atomic E-state index is 0.00454. The third kappa shape index (κ3) is 1.50. The molecule has 0 radical (unpaired) electrons. The molecule has 1 aromatic rings. The number of halogens is 1. The molecule has 2 fully saturated rings. The lowest BCUT2D eigenvalue weighted by atomic mass is 10.1. The summed E-state index contributed by atoms with van der Waals surface area (Å²) < 4.78 is 13.3. The van der Waals surface area contributed by atoms with Gasteiger partial charge in [-0.25, -0.2) is 4.39 Å². The zero-order valence-electron chi connectivity index (χ0n) is 10.0. The number of carbonyl (C=O) groups is 2. The van der Waals surface area contributed by atoms with Crippen molar-refractivity contribution in [3.05, 3.63) is 29.6 Å². The molecule has 0 spiro atoms. The van der Waals surface area contributed by atoms with E-state index >= 15 is 0 Å². The fourth-order valence-corrected chi connectivity index (χ4v) is 2.71. The van der Waals surface area contributed by atoms with Crippen LogP contribution in [0.1, 0.15) is 18.4 Å². The van der Waals surface area contributed by atoms with Gasteiger partial charge in [0.1, 0.15) is 18.5 Å². The first-order valence-electron chi connectivity index (χ1n) is 5.95. The zero-order valence-corrected chi connectivity index (χ0v) is 10.0. The summed E-state index contributed by atoms with van der Waals surface area (Å²) in [4.78, 5) is 26.7. The van der Waals surface area contributed by atoms with Crippen LogP contribution in [-0.4, -0.2) is 29.4 Å². The number of hydrogen-bond acceptors (Lipinski definition) is 2. The molecule has 0 aromatic heterocycles. The van der Waals surface area contributed by atoms with Crippen molar-refractivity contribution in [2.24, 2.45) is 0 Å². The van der Waals surface area contributed by atoms with E-state index in [0.29, 0.717) is 18.5 Å². The first-order valence-corrected chi connectivity index (χ1v) is 5.95. The molecule has 2 heterocycles. The highest BCUT2D eigenvalue weighted by molar-refractivity contribution is 6.02. The average molecular weight is 248 g/mol. The Labute approximate surface area is 104 Å². The molecule has 5 heteroatoms. The predicted molar refractivity (Wildman–Crippen MR) is 63.4 cm³/mol. The third-order valence-electron chi connectivity index (χ3n) is 3.60. The molecule has 0 bridgehead atoms. The van der Waals surface area contributed by atoms with E-state index in [2.05, 4.69) is 0 Å². The number of fused-ring (bicyclic) bond motifs is 1. The van der Waals surface area contributed by atoms with E-state index in [4.69, 9.17) is 0 Å². The van der Waals surface area contributed by atoms with Gasteiger partial charge in [0.05, 0.1) is 5.69 Å². The van der Waals surface area contributed by atoms with Crippen LogP contribution in [0.5, 0.6) is 0 Å². The molecule has 0 saturated carbocycles. The van der Waals surface area contributed by atoms with E-state index in [1.807, 2.05) is 6.92 Å². The molecule has 94 valence electrons. The van der Waals surface area contributed by atoms with Gasteiger partial charge in [0.15, 0.2) is 0 Å². The molecule has 1 atom stereocenters. The summed E-state index contributed by atoms with van der Waals surface area (Å²) in [5.74, 6) is -0.502. The predicted octanol–water partition coefficient (Wildman–Crippen LogP) is 1.43. The fourth-order valence-electron chi connectivity index (χ4n) is 2.71. The van der Waals surface area contributed by atoms with Crippen LogP contribution in [0.4, 0.5) is 10.1 Å². The number of amides is 2. The van der Waals surface area contributed by atoms with Gasteiger partial charge >= 0.3 is 0 Å². The molecule has 2 amide bonds. The van der Waals surface area contributed by atoms with Gasteiger partial charge in [0, 0.05) is 6.42 Å². The van der Waals surface area contributed by atoms with Crippen LogP contribution in [0.2, 0.25) is 0 Å². The number of anilines is 1. The van der Waals surface area contributed by atoms with E-state index in [9.17, 15) is 14.0 Å². The Morgan fingerprint density at radius 1 is 1.28 bits per heavy atom. The van der Waals surface area contributed by atoms with Crippen molar-refractivity contribution in [2.75, 3.05) is 11.4 Å². The minimum Gasteiger partial charge on any atom is -0.312 e. The van der Waals surface area contributed by atoms with Gasteiger partial charge in [-0.2, -0.15) is 0 Å². The smallest absolute Gasteiger partial charge is 0.248 e. The summed E-state index contributed by atoms with van der Waals surface area (Å²) in [6.45, 7) is 1.95. The van der Waals surface area contributed by atoms with E-state index < -0.39 is 0 Å². The third-order valence-corrected chi connectivity index (χ3v) is 3.60. The average Bonchev–Trinajstić information content (AvgIpc) is 2.83. The number of carbonyl (C=O) groups excluding carboxylic acids is 2. The molecule has 3 rings (SSSR count). The Morgan fingerprint density at radius 2 is 2.06 bits per heavy atom. The van der Waals surface area contributed by atoms with Crippen molar-refractivity contribution >= 4 is 17.5 Å². The molecular weight excluding hydrogens is 235 g/mol. The van der Waals surface area contributed by atoms with Gasteiger partial charge < -0.3 is 4.90 Å². The van der Waals surface area contributed by atoms with Crippen LogP contribution in [0, 0.1) is 12.7 Å². The van der Waals surface area contributed by atoms with Crippen LogP contribution < -0.4 is 4.90 Å². The number of aryl methyl sites for hydroxylation is 1. The molecule has 2 aliphatic heterocycles. The zero-order chi connectivity index (χ0) is 12.9. The molecule has 0 N–H and O–H groups in total. The molecular formula is C13H13FN2O2. The van der Waals surface area contributed by atoms with Crippen molar-refractivity contribution in [3.63, 3.8) is 0 Å². The molecule has 0 aliphatic carbocycles. The lowest BCUT2D eigenvalue weighted by Crippen LogP contribution is -2.37.